The van der Waals surface area contributed by atoms with Crippen LogP contribution in [0.25, 0.3) is 5.57 Å². The first-order valence-corrected chi connectivity index (χ1v) is 10.8. The van der Waals surface area contributed by atoms with Crippen molar-refractivity contribution >= 4 is 52.0 Å². The molecule has 0 saturated carbocycles. The Morgan fingerprint density at radius 2 is 1.62 bits per heavy atom. The summed E-state index contributed by atoms with van der Waals surface area (Å²) in [4.78, 5) is 28.0. The maximum absolute atomic E-state index is 13.5. The van der Waals surface area contributed by atoms with Gasteiger partial charge in [0.05, 0.1) is 22.9 Å². The Morgan fingerprint density at radius 3 is 2.28 bits per heavy atom. The number of amides is 2. The van der Waals surface area contributed by atoms with Gasteiger partial charge in [0.1, 0.15) is 11.4 Å². The zero-order valence-electron chi connectivity index (χ0n) is 17.5. The number of benzene rings is 3. The summed E-state index contributed by atoms with van der Waals surface area (Å²) in [7, 11) is 0. The first-order chi connectivity index (χ1) is 15.4. The second kappa shape index (κ2) is 9.07. The molecule has 5 nitrogen and oxygen atoms in total. The molecule has 2 amide bonds. The molecule has 0 bridgehead atoms. The predicted octanol–water partition coefficient (Wildman–Crippen LogP) is 6.10. The van der Waals surface area contributed by atoms with Crippen molar-refractivity contribution in [1.29, 1.82) is 0 Å². The standard InChI is InChI=1S/C25H20Cl2N2O3/c1-3-32-18-12-9-16(10-13-18)22-23(28-17-11-8-15(2)20(27)14-17)25(31)29(24(22)30)21-7-5-4-6-19(21)26/h4-14,28H,3H2,1-2H3. The van der Waals surface area contributed by atoms with Gasteiger partial charge in [-0.1, -0.05) is 53.5 Å². The number of anilines is 2. The van der Waals surface area contributed by atoms with Gasteiger partial charge in [-0.25, -0.2) is 4.90 Å². The molecule has 1 aliphatic heterocycles. The predicted molar refractivity (Wildman–Crippen MR) is 128 cm³/mol. The van der Waals surface area contributed by atoms with Gasteiger partial charge >= 0.3 is 0 Å². The number of carbonyl (C=O) groups is 2. The molecule has 0 saturated heterocycles. The van der Waals surface area contributed by atoms with Crippen LogP contribution in [0.4, 0.5) is 11.4 Å². The van der Waals surface area contributed by atoms with Crippen LogP contribution in [0.15, 0.2) is 72.4 Å². The fourth-order valence-electron chi connectivity index (χ4n) is 3.46. The minimum absolute atomic E-state index is 0.152. The molecule has 7 heteroatoms. The summed E-state index contributed by atoms with van der Waals surface area (Å²) >= 11 is 12.6. The van der Waals surface area contributed by atoms with Crippen LogP contribution in [0.5, 0.6) is 5.75 Å². The smallest absolute Gasteiger partial charge is 0.282 e. The Morgan fingerprint density at radius 1 is 0.906 bits per heavy atom. The summed E-state index contributed by atoms with van der Waals surface area (Å²) in [5.41, 5.74) is 2.81. The number of hydrogen-bond donors (Lipinski definition) is 1. The number of para-hydroxylation sites is 1. The van der Waals surface area contributed by atoms with Crippen molar-refractivity contribution in [3.8, 4) is 5.75 Å². The number of rotatable bonds is 6. The minimum Gasteiger partial charge on any atom is -0.494 e. The van der Waals surface area contributed by atoms with Crippen LogP contribution in [0, 0.1) is 6.92 Å². The highest BCUT2D eigenvalue weighted by molar-refractivity contribution is 6.48. The molecule has 3 aromatic carbocycles. The minimum atomic E-state index is -0.497. The van der Waals surface area contributed by atoms with Crippen molar-refractivity contribution in [2.24, 2.45) is 0 Å². The largest absolute Gasteiger partial charge is 0.494 e. The van der Waals surface area contributed by atoms with Crippen molar-refractivity contribution in [2.75, 3.05) is 16.8 Å². The molecule has 1 N–H and O–H groups in total. The second-order valence-electron chi connectivity index (χ2n) is 7.19. The number of imide groups is 1. The van der Waals surface area contributed by atoms with E-state index in [-0.39, 0.29) is 11.3 Å². The van der Waals surface area contributed by atoms with Crippen LogP contribution < -0.4 is 15.0 Å². The van der Waals surface area contributed by atoms with Crippen molar-refractivity contribution in [2.45, 2.75) is 13.8 Å². The van der Waals surface area contributed by atoms with Crippen molar-refractivity contribution in [3.05, 3.63) is 93.6 Å². The van der Waals surface area contributed by atoms with Crippen LogP contribution >= 0.6 is 23.2 Å². The van der Waals surface area contributed by atoms with E-state index in [4.69, 9.17) is 27.9 Å². The topological polar surface area (TPSA) is 58.6 Å². The van der Waals surface area contributed by atoms with Gasteiger partial charge in [-0.3, -0.25) is 9.59 Å². The molecule has 0 unspecified atom stereocenters. The number of nitrogens with zero attached hydrogens (tertiary/aromatic N) is 1. The van der Waals surface area contributed by atoms with Crippen molar-refractivity contribution in [3.63, 3.8) is 0 Å². The fourth-order valence-corrected chi connectivity index (χ4v) is 3.87. The molecule has 0 aliphatic carbocycles. The summed E-state index contributed by atoms with van der Waals surface area (Å²) < 4.78 is 5.50. The zero-order chi connectivity index (χ0) is 22.8. The summed E-state index contributed by atoms with van der Waals surface area (Å²) in [6.07, 6.45) is 0. The molecule has 3 aromatic rings. The lowest BCUT2D eigenvalue weighted by Gasteiger charge is -2.16. The molecular formula is C25H20Cl2N2O3. The van der Waals surface area contributed by atoms with Gasteiger partial charge < -0.3 is 10.1 Å². The first-order valence-electron chi connectivity index (χ1n) is 10.0. The van der Waals surface area contributed by atoms with Crippen molar-refractivity contribution < 1.29 is 14.3 Å². The Balaban J connectivity index is 1.81. The SMILES string of the molecule is CCOc1ccc(C2=C(Nc3ccc(C)c(Cl)c3)C(=O)N(c3ccccc3Cl)C2=O)cc1. The maximum Gasteiger partial charge on any atom is 0.282 e. The number of nitrogens with one attached hydrogen (secondary N) is 1. The number of ether oxygens (including phenoxy) is 1. The van der Waals surface area contributed by atoms with Gasteiger partial charge in [0.2, 0.25) is 0 Å². The van der Waals surface area contributed by atoms with Gasteiger partial charge in [-0.2, -0.15) is 0 Å². The average Bonchev–Trinajstić information content (AvgIpc) is 3.01. The monoisotopic (exact) mass is 466 g/mol. The van der Waals surface area contributed by atoms with Crippen LogP contribution in [-0.2, 0) is 9.59 Å². The van der Waals surface area contributed by atoms with E-state index in [0.717, 1.165) is 10.5 Å². The van der Waals surface area contributed by atoms with E-state index in [1.165, 1.54) is 0 Å². The summed E-state index contributed by atoms with van der Waals surface area (Å²) in [5, 5.41) is 3.96. The molecule has 4 rings (SSSR count). The highest BCUT2D eigenvalue weighted by Crippen LogP contribution is 2.37. The van der Waals surface area contributed by atoms with Crippen LogP contribution in [0.3, 0.4) is 0 Å². The Labute approximate surface area is 196 Å². The molecule has 162 valence electrons. The molecular weight excluding hydrogens is 447 g/mol. The zero-order valence-corrected chi connectivity index (χ0v) is 19.0. The van der Waals surface area contributed by atoms with E-state index in [0.29, 0.717) is 39.3 Å². The van der Waals surface area contributed by atoms with E-state index >= 15 is 0 Å². The van der Waals surface area contributed by atoms with Gasteiger partial charge in [0.25, 0.3) is 11.8 Å². The summed E-state index contributed by atoms with van der Waals surface area (Å²) in [6.45, 7) is 4.31. The van der Waals surface area contributed by atoms with Gasteiger partial charge in [-0.15, -0.1) is 0 Å². The number of halogens is 2. The lowest BCUT2D eigenvalue weighted by molar-refractivity contribution is -0.120. The molecule has 1 aliphatic rings. The molecule has 0 spiro atoms. The Bertz CT molecular complexity index is 1240. The lowest BCUT2D eigenvalue weighted by atomic mass is 10.0. The van der Waals surface area contributed by atoms with Crippen LogP contribution in [0.2, 0.25) is 10.0 Å². The molecule has 0 fully saturated rings. The summed E-state index contributed by atoms with van der Waals surface area (Å²) in [5.74, 6) is -0.284. The molecule has 1 heterocycles. The normalized spacial score (nSPS) is 13.7. The third kappa shape index (κ3) is 4.09. The van der Waals surface area contributed by atoms with Gasteiger partial charge in [-0.05, 0) is 61.4 Å². The van der Waals surface area contributed by atoms with Gasteiger partial charge in [0.15, 0.2) is 0 Å². The first kappa shape index (κ1) is 21.9. The fraction of sp³-hybridized carbons (Fsp3) is 0.120. The quantitative estimate of drug-likeness (QED) is 0.446. The van der Waals surface area contributed by atoms with Gasteiger partial charge in [0, 0.05) is 10.7 Å². The van der Waals surface area contributed by atoms with E-state index in [1.807, 2.05) is 19.9 Å². The van der Waals surface area contributed by atoms with E-state index in [2.05, 4.69) is 5.32 Å². The number of aryl methyl sites for hydroxylation is 1. The maximum atomic E-state index is 13.5. The molecule has 0 atom stereocenters. The molecule has 0 aromatic heterocycles. The van der Waals surface area contributed by atoms with Crippen molar-refractivity contribution in [1.82, 2.24) is 0 Å². The number of carbonyl (C=O) groups excluding carboxylic acids is 2. The second-order valence-corrected chi connectivity index (χ2v) is 8.01. The highest BCUT2D eigenvalue weighted by Gasteiger charge is 2.41. The van der Waals surface area contributed by atoms with Crippen LogP contribution in [-0.4, -0.2) is 18.4 Å². The number of hydrogen-bond acceptors (Lipinski definition) is 4. The lowest BCUT2D eigenvalue weighted by Crippen LogP contribution is -2.32. The van der Waals surface area contributed by atoms with E-state index in [1.54, 1.807) is 60.7 Å². The third-order valence-electron chi connectivity index (χ3n) is 5.07. The molecule has 0 radical (unpaired) electrons. The van der Waals surface area contributed by atoms with E-state index < -0.39 is 11.8 Å². The Kier molecular flexibility index (Phi) is 6.21. The summed E-state index contributed by atoms with van der Waals surface area (Å²) in [6, 6.07) is 19.2. The molecule has 32 heavy (non-hydrogen) atoms. The Hall–Kier alpha value is -3.28. The third-order valence-corrected chi connectivity index (χ3v) is 5.80. The average molecular weight is 467 g/mol. The van der Waals surface area contributed by atoms with E-state index in [9.17, 15) is 9.59 Å². The highest BCUT2D eigenvalue weighted by atomic mass is 35.5. The van der Waals surface area contributed by atoms with Crippen LogP contribution in [0.1, 0.15) is 18.1 Å².